The maximum absolute atomic E-state index is 11.5. The van der Waals surface area contributed by atoms with Gasteiger partial charge in [-0.15, -0.1) is 0 Å². The Balaban J connectivity index is 2.28. The van der Waals surface area contributed by atoms with Crippen LogP contribution in [0.5, 0.6) is 0 Å². The fourth-order valence-corrected chi connectivity index (χ4v) is 1.84. The molecule has 0 aromatic heterocycles. The second-order valence-corrected chi connectivity index (χ2v) is 3.50. The third-order valence-corrected chi connectivity index (χ3v) is 2.69. The summed E-state index contributed by atoms with van der Waals surface area (Å²) >= 11 is 0. The number of rotatable bonds is 0. The Hall–Kier alpha value is -1.25. The molecule has 2 aliphatic rings. The summed E-state index contributed by atoms with van der Waals surface area (Å²) < 4.78 is 0. The average molecular weight is 178 g/mol. The molecule has 1 atom stereocenters. The zero-order chi connectivity index (χ0) is 9.26. The minimum Gasteiger partial charge on any atom is -0.388 e. The second-order valence-electron chi connectivity index (χ2n) is 3.50. The number of hydrogen-bond acceptors (Lipinski definition) is 2. The van der Waals surface area contributed by atoms with E-state index in [1.54, 1.807) is 0 Å². The van der Waals surface area contributed by atoms with Crippen molar-refractivity contribution in [1.82, 2.24) is 10.2 Å². The standard InChI is InChI=1S/C10H14N2O/c1-12-9-7-11-6-5-8(9)3-2-4-10(12)13/h3,5-6,9,11H,2,4,7H2,1H3/t9-/m1/s1. The smallest absolute Gasteiger partial charge is 0.223 e. The van der Waals surface area contributed by atoms with Crippen molar-refractivity contribution in [2.45, 2.75) is 18.9 Å². The molecule has 3 heteroatoms. The van der Waals surface area contributed by atoms with Crippen molar-refractivity contribution in [2.24, 2.45) is 0 Å². The molecule has 0 saturated carbocycles. The van der Waals surface area contributed by atoms with E-state index in [4.69, 9.17) is 0 Å². The van der Waals surface area contributed by atoms with E-state index in [0.29, 0.717) is 6.42 Å². The Kier molecular flexibility index (Phi) is 2.08. The summed E-state index contributed by atoms with van der Waals surface area (Å²) in [6.45, 7) is 0.838. The van der Waals surface area contributed by atoms with Crippen molar-refractivity contribution < 1.29 is 4.79 Å². The molecule has 0 saturated heterocycles. The molecule has 0 aromatic carbocycles. The highest BCUT2D eigenvalue weighted by Gasteiger charge is 2.25. The van der Waals surface area contributed by atoms with Crippen LogP contribution in [0, 0.1) is 0 Å². The zero-order valence-corrected chi connectivity index (χ0v) is 7.79. The van der Waals surface area contributed by atoms with Crippen LogP contribution in [0.1, 0.15) is 12.8 Å². The van der Waals surface area contributed by atoms with Gasteiger partial charge >= 0.3 is 0 Å². The molecule has 0 fully saturated rings. The van der Waals surface area contributed by atoms with Crippen LogP contribution >= 0.6 is 0 Å². The van der Waals surface area contributed by atoms with Crippen LogP contribution in [0.3, 0.4) is 0 Å². The first-order valence-corrected chi connectivity index (χ1v) is 4.64. The van der Waals surface area contributed by atoms with Crippen LogP contribution in [-0.2, 0) is 4.79 Å². The molecule has 1 N–H and O–H groups in total. The minimum atomic E-state index is 0.236. The summed E-state index contributed by atoms with van der Waals surface area (Å²) in [6, 6.07) is 0.236. The van der Waals surface area contributed by atoms with Crippen LogP contribution in [-0.4, -0.2) is 30.4 Å². The first kappa shape index (κ1) is 8.35. The number of carbonyl (C=O) groups excluding carboxylic acids is 1. The summed E-state index contributed by atoms with van der Waals surface area (Å²) in [6.07, 6.45) is 7.70. The Bertz CT molecular complexity index is 281. The van der Waals surface area contributed by atoms with Crippen molar-refractivity contribution in [3.8, 4) is 0 Å². The van der Waals surface area contributed by atoms with Crippen molar-refractivity contribution >= 4 is 5.91 Å². The molecule has 3 nitrogen and oxygen atoms in total. The van der Waals surface area contributed by atoms with E-state index in [9.17, 15) is 4.79 Å². The molecule has 0 bridgehead atoms. The third kappa shape index (κ3) is 1.46. The van der Waals surface area contributed by atoms with Gasteiger partial charge in [-0.2, -0.15) is 0 Å². The van der Waals surface area contributed by atoms with Gasteiger partial charge in [0.15, 0.2) is 0 Å². The van der Waals surface area contributed by atoms with Gasteiger partial charge in [-0.05, 0) is 24.3 Å². The molecular formula is C10H14N2O. The van der Waals surface area contributed by atoms with Crippen LogP contribution in [0.4, 0.5) is 0 Å². The summed E-state index contributed by atoms with van der Waals surface area (Å²) in [5.74, 6) is 0.244. The normalized spacial score (nSPS) is 27.5. The highest BCUT2D eigenvalue weighted by atomic mass is 16.2. The topological polar surface area (TPSA) is 32.3 Å². The zero-order valence-electron chi connectivity index (χ0n) is 7.79. The molecule has 2 rings (SSSR count). The number of fused-ring (bicyclic) bond motifs is 1. The summed E-state index contributed by atoms with van der Waals surface area (Å²) in [5, 5.41) is 3.15. The lowest BCUT2D eigenvalue weighted by Crippen LogP contribution is -2.44. The first-order valence-electron chi connectivity index (χ1n) is 4.64. The molecule has 0 unspecified atom stereocenters. The Morgan fingerprint density at radius 3 is 3.31 bits per heavy atom. The van der Waals surface area contributed by atoms with Crippen LogP contribution in [0.15, 0.2) is 23.9 Å². The monoisotopic (exact) mass is 178 g/mol. The van der Waals surface area contributed by atoms with E-state index in [1.807, 2.05) is 18.1 Å². The highest BCUT2D eigenvalue weighted by Crippen LogP contribution is 2.19. The largest absolute Gasteiger partial charge is 0.388 e. The Labute approximate surface area is 78.1 Å². The molecule has 2 aliphatic heterocycles. The van der Waals surface area contributed by atoms with Crippen LogP contribution in [0.2, 0.25) is 0 Å². The van der Waals surface area contributed by atoms with Crippen molar-refractivity contribution in [3.05, 3.63) is 23.9 Å². The van der Waals surface area contributed by atoms with Crippen molar-refractivity contribution in [1.29, 1.82) is 0 Å². The van der Waals surface area contributed by atoms with E-state index in [1.165, 1.54) is 5.57 Å². The van der Waals surface area contributed by atoms with Gasteiger partial charge in [0.2, 0.25) is 5.91 Å². The van der Waals surface area contributed by atoms with Gasteiger partial charge in [-0.1, -0.05) is 6.08 Å². The van der Waals surface area contributed by atoms with Crippen LogP contribution < -0.4 is 5.32 Å². The predicted molar refractivity (Wildman–Crippen MR) is 51.0 cm³/mol. The van der Waals surface area contributed by atoms with E-state index >= 15 is 0 Å². The Morgan fingerprint density at radius 1 is 1.62 bits per heavy atom. The number of nitrogens with zero attached hydrogens (tertiary/aromatic N) is 1. The van der Waals surface area contributed by atoms with E-state index in [-0.39, 0.29) is 11.9 Å². The van der Waals surface area contributed by atoms with Crippen molar-refractivity contribution in [3.63, 3.8) is 0 Å². The predicted octanol–water partition coefficient (Wildman–Crippen LogP) is 0.650. The molecule has 0 aliphatic carbocycles. The van der Waals surface area contributed by atoms with Gasteiger partial charge in [0.05, 0.1) is 6.04 Å². The molecule has 70 valence electrons. The minimum absolute atomic E-state index is 0.236. The van der Waals surface area contributed by atoms with Gasteiger partial charge in [0.25, 0.3) is 0 Å². The number of nitrogens with one attached hydrogen (secondary N) is 1. The maximum Gasteiger partial charge on any atom is 0.223 e. The maximum atomic E-state index is 11.5. The Morgan fingerprint density at radius 2 is 2.46 bits per heavy atom. The van der Waals surface area contributed by atoms with Gasteiger partial charge in [-0.3, -0.25) is 4.79 Å². The lowest BCUT2D eigenvalue weighted by atomic mass is 10.0. The van der Waals surface area contributed by atoms with Gasteiger partial charge in [0, 0.05) is 20.0 Å². The number of allylic oxidation sites excluding steroid dienone is 1. The second kappa shape index (κ2) is 3.24. The van der Waals surface area contributed by atoms with Gasteiger partial charge < -0.3 is 10.2 Å². The lowest BCUT2D eigenvalue weighted by molar-refractivity contribution is -0.130. The number of amides is 1. The quantitative estimate of drug-likeness (QED) is 0.590. The summed E-state index contributed by atoms with van der Waals surface area (Å²) in [7, 11) is 1.88. The van der Waals surface area contributed by atoms with Gasteiger partial charge in [-0.25, -0.2) is 0 Å². The first-order chi connectivity index (χ1) is 6.29. The van der Waals surface area contributed by atoms with E-state index < -0.39 is 0 Å². The fraction of sp³-hybridized carbons (Fsp3) is 0.500. The van der Waals surface area contributed by atoms with Gasteiger partial charge in [0.1, 0.15) is 0 Å². The average Bonchev–Trinajstić information content (AvgIpc) is 2.29. The molecule has 0 aromatic rings. The summed E-state index contributed by atoms with van der Waals surface area (Å²) in [5.41, 5.74) is 1.27. The SMILES string of the molecule is CN1C(=O)CCC=C2C=CNC[C@H]21. The van der Waals surface area contributed by atoms with Crippen molar-refractivity contribution in [2.75, 3.05) is 13.6 Å². The van der Waals surface area contributed by atoms with Crippen LogP contribution in [0.25, 0.3) is 0 Å². The molecular weight excluding hydrogens is 164 g/mol. The molecule has 2 heterocycles. The van der Waals surface area contributed by atoms with E-state index in [0.717, 1.165) is 13.0 Å². The number of carbonyl (C=O) groups is 1. The number of likely N-dealkylation sites (N-methyl/N-ethyl adjacent to an activating group) is 1. The summed E-state index contributed by atoms with van der Waals surface area (Å²) in [4.78, 5) is 13.4. The highest BCUT2D eigenvalue weighted by molar-refractivity contribution is 5.77. The number of hydrogen-bond donors (Lipinski definition) is 1. The fourth-order valence-electron chi connectivity index (χ4n) is 1.84. The molecule has 1 amide bonds. The lowest BCUT2D eigenvalue weighted by Gasteiger charge is -2.30. The van der Waals surface area contributed by atoms with E-state index in [2.05, 4.69) is 17.5 Å². The third-order valence-electron chi connectivity index (χ3n) is 2.69. The molecule has 0 radical (unpaired) electrons. The molecule has 0 spiro atoms. The molecule has 13 heavy (non-hydrogen) atoms.